The minimum Gasteiger partial charge on any atom is -0.497 e. The van der Waals surface area contributed by atoms with Crippen molar-refractivity contribution in [1.82, 2.24) is 4.98 Å². The number of nitrogens with zero attached hydrogens (tertiary/aromatic N) is 1. The summed E-state index contributed by atoms with van der Waals surface area (Å²) in [4.78, 5) is 4.39. The van der Waals surface area contributed by atoms with Gasteiger partial charge < -0.3 is 10.5 Å². The standard InChI is InChI=1S/C12H13N3O/c1-7-5-10(12(13)14)9-6-8(16-2)3-4-11(9)15-7/h3-6H,1-2H3,(H3,13,14). The van der Waals surface area contributed by atoms with Crippen LogP contribution in [-0.2, 0) is 0 Å². The Hall–Kier alpha value is -2.10. The number of amidine groups is 1. The van der Waals surface area contributed by atoms with Crippen molar-refractivity contribution in [1.29, 1.82) is 5.41 Å². The second-order valence-electron chi connectivity index (χ2n) is 3.61. The van der Waals surface area contributed by atoms with Crippen LogP contribution in [0, 0.1) is 12.3 Å². The molecule has 0 radical (unpaired) electrons. The van der Waals surface area contributed by atoms with Crippen molar-refractivity contribution in [2.24, 2.45) is 5.73 Å². The first-order valence-corrected chi connectivity index (χ1v) is 4.91. The maximum atomic E-state index is 7.55. The number of methoxy groups -OCH3 is 1. The number of nitrogens with one attached hydrogen (secondary N) is 1. The number of hydrogen-bond donors (Lipinski definition) is 2. The predicted octanol–water partition coefficient (Wildman–Crippen LogP) is 1.84. The third-order valence-corrected chi connectivity index (χ3v) is 2.43. The molecule has 1 aromatic carbocycles. The van der Waals surface area contributed by atoms with Crippen molar-refractivity contribution in [3.05, 3.63) is 35.5 Å². The summed E-state index contributed by atoms with van der Waals surface area (Å²) < 4.78 is 5.15. The van der Waals surface area contributed by atoms with E-state index in [1.807, 2.05) is 31.2 Å². The van der Waals surface area contributed by atoms with Crippen molar-refractivity contribution < 1.29 is 4.74 Å². The molecule has 0 saturated carbocycles. The zero-order valence-corrected chi connectivity index (χ0v) is 9.24. The minimum absolute atomic E-state index is 0.0451. The van der Waals surface area contributed by atoms with Crippen LogP contribution in [0.1, 0.15) is 11.3 Å². The largest absolute Gasteiger partial charge is 0.497 e. The van der Waals surface area contributed by atoms with Crippen LogP contribution in [0.3, 0.4) is 0 Å². The Labute approximate surface area is 93.6 Å². The number of pyridine rings is 1. The number of ether oxygens (including phenoxy) is 1. The van der Waals surface area contributed by atoms with Gasteiger partial charge in [0.05, 0.1) is 12.6 Å². The Morgan fingerprint density at radius 1 is 1.38 bits per heavy atom. The minimum atomic E-state index is 0.0451. The fourth-order valence-electron chi connectivity index (χ4n) is 1.69. The normalized spacial score (nSPS) is 10.4. The van der Waals surface area contributed by atoms with E-state index in [0.717, 1.165) is 22.3 Å². The van der Waals surface area contributed by atoms with Crippen LogP contribution < -0.4 is 10.5 Å². The summed E-state index contributed by atoms with van der Waals surface area (Å²) in [7, 11) is 1.61. The first-order chi connectivity index (χ1) is 7.61. The van der Waals surface area contributed by atoms with E-state index in [2.05, 4.69) is 4.98 Å². The van der Waals surface area contributed by atoms with Crippen LogP contribution in [0.25, 0.3) is 10.9 Å². The average molecular weight is 215 g/mol. The zero-order chi connectivity index (χ0) is 11.7. The first-order valence-electron chi connectivity index (χ1n) is 4.91. The van der Waals surface area contributed by atoms with E-state index in [1.165, 1.54) is 0 Å². The topological polar surface area (TPSA) is 72.0 Å². The molecule has 82 valence electrons. The molecule has 0 spiro atoms. The van der Waals surface area contributed by atoms with Crippen LogP contribution in [0.15, 0.2) is 24.3 Å². The van der Waals surface area contributed by atoms with E-state index < -0.39 is 0 Å². The molecule has 1 heterocycles. The second-order valence-corrected chi connectivity index (χ2v) is 3.61. The Morgan fingerprint density at radius 2 is 2.12 bits per heavy atom. The lowest BCUT2D eigenvalue weighted by Crippen LogP contribution is -2.12. The number of benzene rings is 1. The molecule has 0 aliphatic rings. The molecule has 0 atom stereocenters. The lowest BCUT2D eigenvalue weighted by Gasteiger charge is -2.07. The van der Waals surface area contributed by atoms with Gasteiger partial charge >= 0.3 is 0 Å². The molecule has 0 amide bonds. The van der Waals surface area contributed by atoms with E-state index in [-0.39, 0.29) is 5.84 Å². The molecule has 2 rings (SSSR count). The molecule has 1 aromatic heterocycles. The van der Waals surface area contributed by atoms with Gasteiger partial charge in [-0.2, -0.15) is 0 Å². The summed E-state index contributed by atoms with van der Waals surface area (Å²) in [6, 6.07) is 7.37. The Balaban J connectivity index is 2.80. The van der Waals surface area contributed by atoms with E-state index in [0.29, 0.717) is 5.56 Å². The monoisotopic (exact) mass is 215 g/mol. The van der Waals surface area contributed by atoms with E-state index in [1.54, 1.807) is 7.11 Å². The smallest absolute Gasteiger partial charge is 0.123 e. The number of nitrogen functional groups attached to an aromatic ring is 1. The number of nitrogens with two attached hydrogens (primary N) is 1. The summed E-state index contributed by atoms with van der Waals surface area (Å²) in [6.07, 6.45) is 0. The fourth-order valence-corrected chi connectivity index (χ4v) is 1.69. The van der Waals surface area contributed by atoms with Crippen molar-refractivity contribution in [3.63, 3.8) is 0 Å². The van der Waals surface area contributed by atoms with Gasteiger partial charge in [0, 0.05) is 16.6 Å². The number of fused-ring (bicyclic) bond motifs is 1. The molecule has 4 heteroatoms. The van der Waals surface area contributed by atoms with Crippen LogP contribution >= 0.6 is 0 Å². The Bertz CT molecular complexity index is 563. The van der Waals surface area contributed by atoms with Crippen LogP contribution in [0.4, 0.5) is 0 Å². The fraction of sp³-hybridized carbons (Fsp3) is 0.167. The summed E-state index contributed by atoms with van der Waals surface area (Å²) in [5, 5.41) is 8.40. The van der Waals surface area contributed by atoms with Gasteiger partial charge in [-0.15, -0.1) is 0 Å². The molecule has 0 bridgehead atoms. The molecule has 0 aliphatic carbocycles. The zero-order valence-electron chi connectivity index (χ0n) is 9.24. The van der Waals surface area contributed by atoms with Gasteiger partial charge in [-0.05, 0) is 31.2 Å². The Morgan fingerprint density at radius 3 is 2.75 bits per heavy atom. The average Bonchev–Trinajstić information content (AvgIpc) is 2.27. The summed E-state index contributed by atoms with van der Waals surface area (Å²) >= 11 is 0. The van der Waals surface area contributed by atoms with E-state index in [4.69, 9.17) is 15.9 Å². The third-order valence-electron chi connectivity index (χ3n) is 2.43. The van der Waals surface area contributed by atoms with Gasteiger partial charge in [0.1, 0.15) is 11.6 Å². The van der Waals surface area contributed by atoms with Gasteiger partial charge in [0.2, 0.25) is 0 Å². The van der Waals surface area contributed by atoms with Crippen LogP contribution in [-0.4, -0.2) is 17.9 Å². The first kappa shape index (κ1) is 10.4. The quantitative estimate of drug-likeness (QED) is 0.593. The second kappa shape index (κ2) is 3.81. The highest BCUT2D eigenvalue weighted by atomic mass is 16.5. The summed E-state index contributed by atoms with van der Waals surface area (Å²) in [6.45, 7) is 1.89. The van der Waals surface area contributed by atoms with Gasteiger partial charge in [-0.1, -0.05) is 0 Å². The highest BCUT2D eigenvalue weighted by molar-refractivity contribution is 6.07. The van der Waals surface area contributed by atoms with Crippen LogP contribution in [0.2, 0.25) is 0 Å². The predicted molar refractivity (Wildman–Crippen MR) is 64.0 cm³/mol. The van der Waals surface area contributed by atoms with Crippen molar-refractivity contribution >= 4 is 16.7 Å². The molecule has 16 heavy (non-hydrogen) atoms. The van der Waals surface area contributed by atoms with Gasteiger partial charge in [-0.25, -0.2) is 0 Å². The highest BCUT2D eigenvalue weighted by Gasteiger charge is 2.07. The van der Waals surface area contributed by atoms with Crippen molar-refractivity contribution in [3.8, 4) is 5.75 Å². The SMILES string of the molecule is COc1ccc2nc(C)cc(C(=N)N)c2c1. The van der Waals surface area contributed by atoms with Crippen molar-refractivity contribution in [2.45, 2.75) is 6.92 Å². The third kappa shape index (κ3) is 1.69. The Kier molecular flexibility index (Phi) is 2.48. The molecular weight excluding hydrogens is 202 g/mol. The molecule has 0 aliphatic heterocycles. The maximum absolute atomic E-state index is 7.55. The summed E-state index contributed by atoms with van der Waals surface area (Å²) in [5.41, 5.74) is 7.93. The lowest BCUT2D eigenvalue weighted by molar-refractivity contribution is 0.415. The van der Waals surface area contributed by atoms with E-state index in [9.17, 15) is 0 Å². The number of rotatable bonds is 2. The van der Waals surface area contributed by atoms with Gasteiger partial charge in [-0.3, -0.25) is 10.4 Å². The molecule has 4 nitrogen and oxygen atoms in total. The molecule has 0 fully saturated rings. The summed E-state index contributed by atoms with van der Waals surface area (Å²) in [5.74, 6) is 0.782. The van der Waals surface area contributed by atoms with E-state index >= 15 is 0 Å². The number of aromatic nitrogens is 1. The number of aryl methyl sites for hydroxylation is 1. The highest BCUT2D eigenvalue weighted by Crippen LogP contribution is 2.23. The molecular formula is C12H13N3O. The van der Waals surface area contributed by atoms with Gasteiger partial charge in [0.25, 0.3) is 0 Å². The number of hydrogen-bond acceptors (Lipinski definition) is 3. The van der Waals surface area contributed by atoms with Crippen LogP contribution in [0.5, 0.6) is 5.75 Å². The van der Waals surface area contributed by atoms with Gasteiger partial charge in [0.15, 0.2) is 0 Å². The molecule has 3 N–H and O–H groups in total. The van der Waals surface area contributed by atoms with Crippen molar-refractivity contribution in [2.75, 3.05) is 7.11 Å². The lowest BCUT2D eigenvalue weighted by atomic mass is 10.1. The molecule has 0 saturated heterocycles. The molecule has 2 aromatic rings. The molecule has 0 unspecified atom stereocenters. The maximum Gasteiger partial charge on any atom is 0.123 e.